The van der Waals surface area contributed by atoms with Crippen molar-refractivity contribution in [2.45, 2.75) is 0 Å². The van der Waals surface area contributed by atoms with Crippen LogP contribution in [-0.4, -0.2) is 9.55 Å². The molecule has 85 valence electrons. The number of hydrogen-bond donors (Lipinski definition) is 1. The van der Waals surface area contributed by atoms with E-state index in [4.69, 9.17) is 0 Å². The molecule has 0 spiro atoms. The molecule has 0 saturated heterocycles. The van der Waals surface area contributed by atoms with E-state index < -0.39 is 0 Å². The van der Waals surface area contributed by atoms with Crippen LogP contribution < -0.4 is 0 Å². The Morgan fingerprint density at radius 2 is 2.00 bits per heavy atom. The number of aromatic amines is 1. The van der Waals surface area contributed by atoms with Crippen molar-refractivity contribution in [2.75, 3.05) is 0 Å². The van der Waals surface area contributed by atoms with Gasteiger partial charge in [0.2, 0.25) is 0 Å². The van der Waals surface area contributed by atoms with Gasteiger partial charge in [0.25, 0.3) is 0 Å². The van der Waals surface area contributed by atoms with Crippen LogP contribution in [0.25, 0.3) is 27.5 Å². The van der Waals surface area contributed by atoms with Crippen LogP contribution in [0, 0.1) is 6.07 Å². The summed E-state index contributed by atoms with van der Waals surface area (Å²) < 4.78 is 2.20. The monoisotopic (exact) mass is 231 g/mol. The molecule has 0 atom stereocenters. The van der Waals surface area contributed by atoms with Crippen LogP contribution in [0.15, 0.2) is 60.9 Å². The summed E-state index contributed by atoms with van der Waals surface area (Å²) in [6.45, 7) is 0. The summed E-state index contributed by atoms with van der Waals surface area (Å²) >= 11 is 0. The summed E-state index contributed by atoms with van der Waals surface area (Å²) in [5, 5.41) is 2.45. The lowest BCUT2D eigenvalue weighted by Gasteiger charge is -2.05. The molecule has 2 nitrogen and oxygen atoms in total. The van der Waals surface area contributed by atoms with Crippen molar-refractivity contribution in [3.8, 4) is 5.69 Å². The average molecular weight is 231 g/mol. The molecule has 1 radical (unpaired) electrons. The number of nitrogens with zero attached hydrogens (tertiary/aromatic N) is 1. The molecule has 2 aromatic heterocycles. The normalized spacial score (nSPS) is 11.3. The largest absolute Gasteiger partial charge is 0.361 e. The molecule has 0 amide bonds. The van der Waals surface area contributed by atoms with Gasteiger partial charge in [0, 0.05) is 34.4 Å². The van der Waals surface area contributed by atoms with Gasteiger partial charge < -0.3 is 9.55 Å². The van der Waals surface area contributed by atoms with Gasteiger partial charge >= 0.3 is 0 Å². The van der Waals surface area contributed by atoms with Gasteiger partial charge in [0.1, 0.15) is 0 Å². The first kappa shape index (κ1) is 9.54. The third-order valence-electron chi connectivity index (χ3n) is 3.35. The standard InChI is InChI=1S/C16H11N2/c1-2-4-16-12(3-1)8-10-18(16)14-5-6-15-13(11-14)7-9-17-15/h2-11,17H. The van der Waals surface area contributed by atoms with Gasteiger partial charge in [0.05, 0.1) is 5.52 Å². The Bertz CT molecular complexity index is 836. The van der Waals surface area contributed by atoms with Crippen molar-refractivity contribution in [1.29, 1.82) is 0 Å². The SMILES string of the molecule is [c]1ccc2c(c1)ccn2-c1ccc2[nH]ccc2c1. The maximum Gasteiger partial charge on any atom is 0.0528 e. The number of nitrogens with one attached hydrogen (secondary N) is 1. The minimum atomic E-state index is 1.17. The summed E-state index contributed by atoms with van der Waals surface area (Å²) in [6, 6.07) is 19.8. The van der Waals surface area contributed by atoms with Crippen LogP contribution in [-0.2, 0) is 0 Å². The Kier molecular flexibility index (Phi) is 1.86. The Balaban J connectivity index is 2.00. The summed E-state index contributed by atoms with van der Waals surface area (Å²) in [6.07, 6.45) is 4.07. The zero-order valence-electron chi connectivity index (χ0n) is 9.72. The number of fused-ring (bicyclic) bond motifs is 2. The maximum atomic E-state index is 3.21. The van der Waals surface area contributed by atoms with E-state index >= 15 is 0 Å². The summed E-state index contributed by atoms with van der Waals surface area (Å²) in [4.78, 5) is 3.21. The fourth-order valence-corrected chi connectivity index (χ4v) is 2.44. The molecule has 2 heterocycles. The molecular formula is C16H11N2. The summed E-state index contributed by atoms with van der Waals surface area (Å²) in [7, 11) is 0. The van der Waals surface area contributed by atoms with E-state index in [0.717, 1.165) is 0 Å². The molecule has 0 aliphatic rings. The van der Waals surface area contributed by atoms with Crippen LogP contribution in [0.3, 0.4) is 0 Å². The van der Waals surface area contributed by atoms with Crippen molar-refractivity contribution >= 4 is 21.8 Å². The van der Waals surface area contributed by atoms with Crippen LogP contribution >= 0.6 is 0 Å². The van der Waals surface area contributed by atoms with Crippen molar-refractivity contribution in [3.63, 3.8) is 0 Å². The van der Waals surface area contributed by atoms with Gasteiger partial charge in [-0.15, -0.1) is 0 Å². The second-order valence-corrected chi connectivity index (χ2v) is 4.42. The quantitative estimate of drug-likeness (QED) is 0.512. The van der Waals surface area contributed by atoms with Gasteiger partial charge in [-0.25, -0.2) is 0 Å². The van der Waals surface area contributed by atoms with Crippen molar-refractivity contribution in [3.05, 3.63) is 67.0 Å². The Morgan fingerprint density at radius 1 is 1.00 bits per heavy atom. The molecule has 0 saturated carbocycles. The molecule has 4 aromatic rings. The topological polar surface area (TPSA) is 20.7 Å². The minimum absolute atomic E-state index is 1.17. The lowest BCUT2D eigenvalue weighted by Crippen LogP contribution is -1.90. The minimum Gasteiger partial charge on any atom is -0.361 e. The third-order valence-corrected chi connectivity index (χ3v) is 3.35. The first-order chi connectivity index (χ1) is 8.92. The second kappa shape index (κ2) is 3.50. The Morgan fingerprint density at radius 3 is 3.00 bits per heavy atom. The Labute approximate surface area is 104 Å². The molecule has 2 heteroatoms. The van der Waals surface area contributed by atoms with E-state index in [1.54, 1.807) is 0 Å². The van der Waals surface area contributed by atoms with E-state index in [1.807, 2.05) is 18.3 Å². The molecular weight excluding hydrogens is 220 g/mol. The molecule has 18 heavy (non-hydrogen) atoms. The van der Waals surface area contributed by atoms with E-state index in [2.05, 4.69) is 58.2 Å². The zero-order valence-corrected chi connectivity index (χ0v) is 9.72. The highest BCUT2D eigenvalue weighted by Gasteiger charge is 2.03. The number of H-pyrrole nitrogens is 1. The van der Waals surface area contributed by atoms with Crippen LogP contribution in [0.4, 0.5) is 0 Å². The van der Waals surface area contributed by atoms with Gasteiger partial charge in [0.15, 0.2) is 0 Å². The number of rotatable bonds is 1. The zero-order chi connectivity index (χ0) is 11.9. The predicted molar refractivity (Wildman–Crippen MR) is 74.0 cm³/mol. The predicted octanol–water partition coefficient (Wildman–Crippen LogP) is 3.91. The highest BCUT2D eigenvalue weighted by atomic mass is 15.0. The lowest BCUT2D eigenvalue weighted by molar-refractivity contribution is 1.13. The van der Waals surface area contributed by atoms with Crippen molar-refractivity contribution in [1.82, 2.24) is 9.55 Å². The molecule has 1 N–H and O–H groups in total. The molecule has 0 aliphatic heterocycles. The molecule has 0 bridgehead atoms. The third kappa shape index (κ3) is 1.29. The highest BCUT2D eigenvalue weighted by molar-refractivity contribution is 5.85. The summed E-state index contributed by atoms with van der Waals surface area (Å²) in [5.41, 5.74) is 3.57. The smallest absolute Gasteiger partial charge is 0.0528 e. The van der Waals surface area contributed by atoms with Gasteiger partial charge in [-0.3, -0.25) is 0 Å². The average Bonchev–Trinajstić information content (AvgIpc) is 3.04. The van der Waals surface area contributed by atoms with E-state index in [1.165, 1.54) is 27.5 Å². The highest BCUT2D eigenvalue weighted by Crippen LogP contribution is 2.22. The lowest BCUT2D eigenvalue weighted by atomic mass is 10.2. The van der Waals surface area contributed by atoms with Crippen LogP contribution in [0.2, 0.25) is 0 Å². The van der Waals surface area contributed by atoms with E-state index in [9.17, 15) is 0 Å². The van der Waals surface area contributed by atoms with Gasteiger partial charge in [-0.2, -0.15) is 0 Å². The van der Waals surface area contributed by atoms with Crippen LogP contribution in [0.5, 0.6) is 0 Å². The number of aromatic nitrogens is 2. The van der Waals surface area contributed by atoms with Crippen molar-refractivity contribution in [2.24, 2.45) is 0 Å². The van der Waals surface area contributed by atoms with E-state index in [0.29, 0.717) is 0 Å². The second-order valence-electron chi connectivity index (χ2n) is 4.42. The fraction of sp³-hybridized carbons (Fsp3) is 0. The molecule has 2 aromatic carbocycles. The van der Waals surface area contributed by atoms with Gasteiger partial charge in [-0.1, -0.05) is 6.07 Å². The van der Waals surface area contributed by atoms with E-state index in [-0.39, 0.29) is 0 Å². The first-order valence-corrected chi connectivity index (χ1v) is 5.96. The van der Waals surface area contributed by atoms with Crippen LogP contribution in [0.1, 0.15) is 0 Å². The van der Waals surface area contributed by atoms with Crippen molar-refractivity contribution < 1.29 is 0 Å². The molecule has 0 fully saturated rings. The fourth-order valence-electron chi connectivity index (χ4n) is 2.44. The maximum absolute atomic E-state index is 3.21. The van der Waals surface area contributed by atoms with Gasteiger partial charge in [-0.05, 0) is 48.5 Å². The molecule has 0 aliphatic carbocycles. The number of hydrogen-bond acceptors (Lipinski definition) is 0. The number of benzene rings is 2. The molecule has 0 unspecified atom stereocenters. The molecule has 4 rings (SSSR count). The first-order valence-electron chi connectivity index (χ1n) is 5.96. The Hall–Kier alpha value is -2.48. The summed E-state index contributed by atoms with van der Waals surface area (Å²) in [5.74, 6) is 0.